The molecule has 2 atom stereocenters. The largest absolute Gasteiger partial charge is 0.361 e. The van der Waals surface area contributed by atoms with Gasteiger partial charge in [0.2, 0.25) is 0 Å². The summed E-state index contributed by atoms with van der Waals surface area (Å²) in [5.41, 5.74) is 7.64. The zero-order chi connectivity index (χ0) is 13.1. The van der Waals surface area contributed by atoms with E-state index in [-0.39, 0.29) is 0 Å². The van der Waals surface area contributed by atoms with Crippen LogP contribution in [0.4, 0.5) is 5.69 Å². The first-order valence-electron chi connectivity index (χ1n) is 7.60. The fourth-order valence-electron chi connectivity index (χ4n) is 4.41. The summed E-state index contributed by atoms with van der Waals surface area (Å²) >= 11 is 0. The van der Waals surface area contributed by atoms with Crippen LogP contribution in [0.2, 0.25) is 0 Å². The Labute approximate surface area is 119 Å². The second-order valence-corrected chi connectivity index (χ2v) is 6.20. The normalized spacial score (nSPS) is 25.9. The van der Waals surface area contributed by atoms with Crippen molar-refractivity contribution in [1.82, 2.24) is 5.32 Å². The molecule has 0 radical (unpaired) electrons. The summed E-state index contributed by atoms with van der Waals surface area (Å²) in [5, 5.41) is 3.74. The Bertz CT molecular complexity index is 692. The molecule has 1 N–H and O–H groups in total. The van der Waals surface area contributed by atoms with Gasteiger partial charge in [-0.05, 0) is 41.2 Å². The Morgan fingerprint density at radius 2 is 1.80 bits per heavy atom. The predicted molar refractivity (Wildman–Crippen MR) is 81.3 cm³/mol. The Morgan fingerprint density at radius 3 is 2.80 bits per heavy atom. The van der Waals surface area contributed by atoms with Crippen LogP contribution in [0.3, 0.4) is 0 Å². The first-order chi connectivity index (χ1) is 9.92. The molecule has 0 spiro atoms. The van der Waals surface area contributed by atoms with Crippen LogP contribution in [0.5, 0.6) is 0 Å². The van der Waals surface area contributed by atoms with Gasteiger partial charge >= 0.3 is 0 Å². The van der Waals surface area contributed by atoms with Gasteiger partial charge in [-0.1, -0.05) is 36.4 Å². The molecule has 3 aliphatic rings. The van der Waals surface area contributed by atoms with E-state index in [4.69, 9.17) is 0 Å². The minimum atomic E-state index is 0.540. The average Bonchev–Trinajstić information content (AvgIpc) is 2.79. The zero-order valence-electron chi connectivity index (χ0n) is 11.5. The monoisotopic (exact) mass is 262 g/mol. The van der Waals surface area contributed by atoms with Crippen molar-refractivity contribution in [3.8, 4) is 0 Å². The zero-order valence-corrected chi connectivity index (χ0v) is 11.5. The number of hydrogen-bond donors (Lipinski definition) is 1. The van der Waals surface area contributed by atoms with Gasteiger partial charge in [-0.15, -0.1) is 0 Å². The molecule has 2 heteroatoms. The van der Waals surface area contributed by atoms with Gasteiger partial charge in [-0.25, -0.2) is 0 Å². The van der Waals surface area contributed by atoms with Crippen molar-refractivity contribution in [1.29, 1.82) is 0 Å². The fourth-order valence-corrected chi connectivity index (χ4v) is 4.41. The van der Waals surface area contributed by atoms with Crippen LogP contribution in [-0.2, 0) is 12.8 Å². The van der Waals surface area contributed by atoms with Gasteiger partial charge in [-0.3, -0.25) is 0 Å². The van der Waals surface area contributed by atoms with E-state index < -0.39 is 0 Å². The number of benzene rings is 2. The molecule has 0 aromatic heterocycles. The Balaban J connectivity index is 1.80. The van der Waals surface area contributed by atoms with Crippen molar-refractivity contribution >= 4 is 5.69 Å². The van der Waals surface area contributed by atoms with E-state index in [2.05, 4.69) is 52.7 Å². The maximum absolute atomic E-state index is 3.74. The summed E-state index contributed by atoms with van der Waals surface area (Å²) in [4.78, 5) is 2.65. The molecule has 1 saturated heterocycles. The molecular formula is C18H18N2. The Hall–Kier alpha value is -1.80. The molecule has 100 valence electrons. The molecule has 1 fully saturated rings. The van der Waals surface area contributed by atoms with Crippen LogP contribution in [0.1, 0.15) is 28.3 Å². The number of rotatable bonds is 0. The third kappa shape index (κ3) is 1.32. The summed E-state index contributed by atoms with van der Waals surface area (Å²) in [7, 11) is 0. The lowest BCUT2D eigenvalue weighted by molar-refractivity contribution is 0.394. The topological polar surface area (TPSA) is 15.3 Å². The number of piperazine rings is 1. The van der Waals surface area contributed by atoms with E-state index in [0.717, 1.165) is 19.5 Å². The Kier molecular flexibility index (Phi) is 2.11. The van der Waals surface area contributed by atoms with E-state index in [1.807, 2.05) is 0 Å². The molecule has 20 heavy (non-hydrogen) atoms. The lowest BCUT2D eigenvalue weighted by Crippen LogP contribution is -2.51. The molecule has 0 amide bonds. The van der Waals surface area contributed by atoms with Crippen molar-refractivity contribution in [2.45, 2.75) is 24.9 Å². The van der Waals surface area contributed by atoms with E-state index in [1.165, 1.54) is 23.2 Å². The van der Waals surface area contributed by atoms with Gasteiger partial charge in [0.1, 0.15) is 0 Å². The maximum Gasteiger partial charge on any atom is 0.0704 e. The quantitative estimate of drug-likeness (QED) is 0.785. The first kappa shape index (κ1) is 10.9. The highest BCUT2D eigenvalue weighted by molar-refractivity contribution is 5.63. The highest BCUT2D eigenvalue weighted by atomic mass is 15.2. The highest BCUT2D eigenvalue weighted by Crippen LogP contribution is 2.45. The van der Waals surface area contributed by atoms with Crippen LogP contribution < -0.4 is 10.2 Å². The van der Waals surface area contributed by atoms with Crippen molar-refractivity contribution in [3.05, 3.63) is 64.7 Å². The summed E-state index contributed by atoms with van der Waals surface area (Å²) in [5.74, 6) is 0. The van der Waals surface area contributed by atoms with Crippen molar-refractivity contribution in [3.63, 3.8) is 0 Å². The summed E-state index contributed by atoms with van der Waals surface area (Å²) in [6, 6.07) is 17.0. The average molecular weight is 262 g/mol. The summed E-state index contributed by atoms with van der Waals surface area (Å²) < 4.78 is 0. The van der Waals surface area contributed by atoms with Crippen molar-refractivity contribution in [2.75, 3.05) is 18.0 Å². The van der Waals surface area contributed by atoms with E-state index in [0.29, 0.717) is 12.1 Å². The van der Waals surface area contributed by atoms with Crippen molar-refractivity contribution in [2.24, 2.45) is 0 Å². The van der Waals surface area contributed by atoms with Crippen LogP contribution in [0, 0.1) is 0 Å². The minimum absolute atomic E-state index is 0.540. The number of para-hydroxylation sites is 1. The van der Waals surface area contributed by atoms with Crippen LogP contribution >= 0.6 is 0 Å². The van der Waals surface area contributed by atoms with Crippen LogP contribution in [0.15, 0.2) is 42.5 Å². The molecule has 2 aromatic rings. The first-order valence-corrected chi connectivity index (χ1v) is 7.60. The number of anilines is 1. The second-order valence-electron chi connectivity index (χ2n) is 6.20. The summed E-state index contributed by atoms with van der Waals surface area (Å²) in [6.45, 7) is 2.21. The lowest BCUT2D eigenvalue weighted by Gasteiger charge is -2.40. The SMILES string of the molecule is c1ccc2c(c1)Cc1cccc3c1[C@H]1[C@H](C3)NCCN21. The van der Waals surface area contributed by atoms with Crippen LogP contribution in [-0.4, -0.2) is 19.1 Å². The number of hydrogen-bond acceptors (Lipinski definition) is 2. The maximum atomic E-state index is 3.74. The van der Waals surface area contributed by atoms with Gasteiger partial charge in [0, 0.05) is 24.8 Å². The lowest BCUT2D eigenvalue weighted by atomic mass is 9.96. The smallest absolute Gasteiger partial charge is 0.0704 e. The van der Waals surface area contributed by atoms with Gasteiger partial charge in [0.05, 0.1) is 6.04 Å². The molecule has 2 aromatic carbocycles. The molecule has 2 nitrogen and oxygen atoms in total. The number of nitrogens with zero attached hydrogens (tertiary/aromatic N) is 1. The molecule has 2 heterocycles. The minimum Gasteiger partial charge on any atom is -0.361 e. The van der Waals surface area contributed by atoms with E-state index in [9.17, 15) is 0 Å². The molecule has 0 unspecified atom stereocenters. The molecule has 5 rings (SSSR count). The van der Waals surface area contributed by atoms with E-state index in [1.54, 1.807) is 11.1 Å². The third-order valence-corrected chi connectivity index (χ3v) is 5.18. The van der Waals surface area contributed by atoms with E-state index >= 15 is 0 Å². The van der Waals surface area contributed by atoms with Gasteiger partial charge in [-0.2, -0.15) is 0 Å². The standard InChI is InChI=1S/C18H18N2/c1-2-7-16-12(4-1)10-13-5-3-6-14-11-15-18(17(13)14)20(16)9-8-19-15/h1-7,15,18-19H,8-11H2/t15-,18+/m0/s1. The third-order valence-electron chi connectivity index (χ3n) is 5.18. The van der Waals surface area contributed by atoms with Crippen LogP contribution in [0.25, 0.3) is 0 Å². The highest BCUT2D eigenvalue weighted by Gasteiger charge is 2.42. The fraction of sp³-hybridized carbons (Fsp3) is 0.333. The predicted octanol–water partition coefficient (Wildman–Crippen LogP) is 2.67. The molecule has 0 saturated carbocycles. The molecule has 1 aliphatic carbocycles. The number of nitrogens with one attached hydrogen (secondary N) is 1. The van der Waals surface area contributed by atoms with Gasteiger partial charge < -0.3 is 10.2 Å². The molecule has 2 aliphatic heterocycles. The summed E-state index contributed by atoms with van der Waals surface area (Å²) in [6.07, 6.45) is 2.27. The van der Waals surface area contributed by atoms with Gasteiger partial charge in [0.25, 0.3) is 0 Å². The molecule has 0 bridgehead atoms. The molecular weight excluding hydrogens is 244 g/mol. The number of fused-ring (bicyclic) bond motifs is 2. The van der Waals surface area contributed by atoms with Crippen molar-refractivity contribution < 1.29 is 0 Å². The second kappa shape index (κ2) is 3.86. The Morgan fingerprint density at radius 1 is 0.950 bits per heavy atom. The van der Waals surface area contributed by atoms with Gasteiger partial charge in [0.15, 0.2) is 0 Å².